The fourth-order valence-electron chi connectivity index (χ4n) is 2.76. The Labute approximate surface area is 116 Å². The van der Waals surface area contributed by atoms with Crippen LogP contribution in [0.5, 0.6) is 0 Å². The van der Waals surface area contributed by atoms with Crippen molar-refractivity contribution in [2.75, 3.05) is 4.90 Å². The predicted octanol–water partition coefficient (Wildman–Crippen LogP) is 1.49. The van der Waals surface area contributed by atoms with Gasteiger partial charge in [-0.1, -0.05) is 41.4 Å². The number of fused-ring (bicyclic) bond motifs is 1. The second-order valence-corrected chi connectivity index (χ2v) is 5.02. The fraction of sp³-hybridized carbons (Fsp3) is 0.125. The molecule has 0 bridgehead atoms. The molecule has 0 fully saturated rings. The molecule has 4 rings (SSSR count). The number of nitrogens with zero attached hydrogens (tertiary/aromatic N) is 3. The zero-order valence-corrected chi connectivity index (χ0v) is 10.8. The maximum absolute atomic E-state index is 11.3. The van der Waals surface area contributed by atoms with Gasteiger partial charge >= 0.3 is 5.95 Å². The summed E-state index contributed by atoms with van der Waals surface area (Å²) in [5.41, 5.74) is 0.743. The summed E-state index contributed by atoms with van der Waals surface area (Å²) in [5.74, 6) is 0.759. The Bertz CT molecular complexity index is 724. The van der Waals surface area contributed by atoms with Gasteiger partial charge < -0.3 is 5.11 Å². The molecule has 1 unspecified atom stereocenters. The van der Waals surface area contributed by atoms with Gasteiger partial charge in [-0.25, -0.2) is 4.57 Å². The highest BCUT2D eigenvalue weighted by Gasteiger charge is 2.53. The average molecular weight is 264 g/mol. The molecule has 1 N–H and O–H groups in total. The summed E-state index contributed by atoms with van der Waals surface area (Å²) < 4.78 is 1.97. The van der Waals surface area contributed by atoms with Crippen LogP contribution in [0.2, 0.25) is 0 Å². The van der Waals surface area contributed by atoms with Crippen LogP contribution >= 0.6 is 0 Å². The smallest absolute Gasteiger partial charge is 0.352 e. The third kappa shape index (κ3) is 1.45. The lowest BCUT2D eigenvalue weighted by Gasteiger charge is -2.29. The maximum Gasteiger partial charge on any atom is 0.401 e. The number of aromatic nitrogens is 2. The van der Waals surface area contributed by atoms with E-state index < -0.39 is 5.72 Å². The molecule has 1 aromatic carbocycles. The van der Waals surface area contributed by atoms with Gasteiger partial charge in [-0.15, -0.1) is 0 Å². The van der Waals surface area contributed by atoms with Gasteiger partial charge in [-0.3, -0.25) is 0 Å². The average Bonchev–Trinajstić information content (AvgIpc) is 2.73. The Morgan fingerprint density at radius 1 is 1.20 bits per heavy atom. The lowest BCUT2D eigenvalue weighted by atomic mass is 10.0. The molecule has 2 aliphatic rings. The minimum Gasteiger partial charge on any atom is -0.352 e. The van der Waals surface area contributed by atoms with E-state index in [1.165, 1.54) is 0 Å². The summed E-state index contributed by atoms with van der Waals surface area (Å²) in [6.45, 7) is 0.464. The molecule has 1 atom stereocenters. The third-order valence-electron chi connectivity index (χ3n) is 3.79. The Hall–Kier alpha value is -2.46. The number of anilines is 1. The first-order valence-electron chi connectivity index (χ1n) is 6.60. The molecule has 0 saturated heterocycles. The monoisotopic (exact) mass is 264 g/mol. The Kier molecular flexibility index (Phi) is 2.28. The summed E-state index contributed by atoms with van der Waals surface area (Å²) in [7, 11) is 0. The number of rotatable bonds is 2. The topological polar surface area (TPSA) is 40.2 Å². The zero-order chi connectivity index (χ0) is 13.6. The molecule has 1 aromatic heterocycles. The largest absolute Gasteiger partial charge is 0.401 e. The summed E-state index contributed by atoms with van der Waals surface area (Å²) in [5, 5.41) is 11.3. The molecule has 4 nitrogen and oxygen atoms in total. The molecule has 4 heteroatoms. The molecule has 0 saturated carbocycles. The van der Waals surface area contributed by atoms with E-state index >= 15 is 0 Å². The van der Waals surface area contributed by atoms with Crippen molar-refractivity contribution >= 4 is 5.95 Å². The van der Waals surface area contributed by atoms with Crippen LogP contribution in [0.25, 0.3) is 0 Å². The van der Waals surface area contributed by atoms with Gasteiger partial charge in [0.1, 0.15) is 18.4 Å². The summed E-state index contributed by atoms with van der Waals surface area (Å²) in [6.07, 6.45) is 9.63. The molecule has 1 aliphatic carbocycles. The van der Waals surface area contributed by atoms with Crippen molar-refractivity contribution in [3.05, 3.63) is 78.3 Å². The van der Waals surface area contributed by atoms with Gasteiger partial charge in [-0.05, 0) is 12.2 Å². The van der Waals surface area contributed by atoms with Crippen LogP contribution < -0.4 is 9.47 Å². The van der Waals surface area contributed by atoms with Gasteiger partial charge in [-0.2, -0.15) is 4.90 Å². The van der Waals surface area contributed by atoms with Gasteiger partial charge in [0, 0.05) is 11.6 Å². The van der Waals surface area contributed by atoms with E-state index in [9.17, 15) is 5.11 Å². The normalized spacial score (nSPS) is 23.2. The predicted molar refractivity (Wildman–Crippen MR) is 74.5 cm³/mol. The van der Waals surface area contributed by atoms with Crippen molar-refractivity contribution in [3.8, 4) is 0 Å². The lowest BCUT2D eigenvalue weighted by molar-refractivity contribution is -0.685. The van der Waals surface area contributed by atoms with Crippen molar-refractivity contribution in [3.63, 3.8) is 0 Å². The highest BCUT2D eigenvalue weighted by Crippen LogP contribution is 2.38. The van der Waals surface area contributed by atoms with E-state index in [0.29, 0.717) is 6.54 Å². The van der Waals surface area contributed by atoms with Gasteiger partial charge in [0.25, 0.3) is 0 Å². The molecule has 0 spiro atoms. The molecular formula is C16H14N3O+. The highest BCUT2D eigenvalue weighted by atomic mass is 16.3. The van der Waals surface area contributed by atoms with E-state index in [1.807, 2.05) is 70.3 Å². The minimum atomic E-state index is -1.10. The standard InChI is InChI=1S/C16H14N3O/c20-16(13-6-2-1-3-7-13)12-18-11-5-10-17-15(18)19(16)14-8-4-9-14/h1-11,20H,12H2/q+1. The molecule has 1 aliphatic heterocycles. The van der Waals surface area contributed by atoms with Crippen molar-refractivity contribution in [2.24, 2.45) is 0 Å². The number of hydrogen-bond donors (Lipinski definition) is 1. The van der Waals surface area contributed by atoms with E-state index in [4.69, 9.17) is 0 Å². The second kappa shape index (κ2) is 4.02. The van der Waals surface area contributed by atoms with Crippen LogP contribution in [0.4, 0.5) is 5.95 Å². The Morgan fingerprint density at radius 3 is 2.70 bits per heavy atom. The molecule has 2 aromatic rings. The van der Waals surface area contributed by atoms with Crippen LogP contribution in [-0.4, -0.2) is 10.1 Å². The summed E-state index contributed by atoms with van der Waals surface area (Å²) >= 11 is 0. The maximum atomic E-state index is 11.3. The van der Waals surface area contributed by atoms with Crippen LogP contribution in [-0.2, 0) is 12.3 Å². The van der Waals surface area contributed by atoms with Gasteiger partial charge in [0.15, 0.2) is 0 Å². The molecule has 98 valence electrons. The Morgan fingerprint density at radius 2 is 2.00 bits per heavy atom. The SMILES string of the molecule is OC1(c2ccccc2)C[n+]2cccnc2N1C1=CC=C1. The van der Waals surface area contributed by atoms with Crippen LogP contribution in [0, 0.1) is 0 Å². The van der Waals surface area contributed by atoms with Crippen molar-refractivity contribution in [1.29, 1.82) is 0 Å². The number of aliphatic hydroxyl groups is 1. The first-order chi connectivity index (χ1) is 9.79. The van der Waals surface area contributed by atoms with Crippen LogP contribution in [0.15, 0.2) is 72.7 Å². The Balaban J connectivity index is 1.88. The van der Waals surface area contributed by atoms with Gasteiger partial charge in [0.2, 0.25) is 5.72 Å². The fourth-order valence-corrected chi connectivity index (χ4v) is 2.76. The first kappa shape index (κ1) is 11.4. The van der Waals surface area contributed by atoms with E-state index in [0.717, 1.165) is 17.2 Å². The van der Waals surface area contributed by atoms with E-state index in [1.54, 1.807) is 6.20 Å². The minimum absolute atomic E-state index is 0.464. The lowest BCUT2D eigenvalue weighted by Crippen LogP contribution is -2.45. The molecule has 0 amide bonds. The highest BCUT2D eigenvalue weighted by molar-refractivity contribution is 5.54. The molecule has 0 radical (unpaired) electrons. The van der Waals surface area contributed by atoms with Gasteiger partial charge in [0.05, 0.1) is 6.20 Å². The van der Waals surface area contributed by atoms with Crippen LogP contribution in [0.3, 0.4) is 0 Å². The third-order valence-corrected chi connectivity index (χ3v) is 3.79. The quantitative estimate of drug-likeness (QED) is 0.835. The van der Waals surface area contributed by atoms with Crippen molar-refractivity contribution < 1.29 is 9.67 Å². The number of hydrogen-bond acceptors (Lipinski definition) is 3. The zero-order valence-electron chi connectivity index (χ0n) is 10.8. The van der Waals surface area contributed by atoms with Crippen LogP contribution in [0.1, 0.15) is 5.56 Å². The molecule has 20 heavy (non-hydrogen) atoms. The van der Waals surface area contributed by atoms with Crippen molar-refractivity contribution in [1.82, 2.24) is 4.98 Å². The van der Waals surface area contributed by atoms with E-state index in [-0.39, 0.29) is 0 Å². The molecular weight excluding hydrogens is 250 g/mol. The first-order valence-corrected chi connectivity index (χ1v) is 6.60. The second-order valence-electron chi connectivity index (χ2n) is 5.02. The summed E-state index contributed by atoms with van der Waals surface area (Å²) in [4.78, 5) is 6.31. The summed E-state index contributed by atoms with van der Waals surface area (Å²) in [6, 6.07) is 11.6. The number of benzene rings is 1. The number of allylic oxidation sites excluding steroid dienone is 3. The molecule has 2 heterocycles. The van der Waals surface area contributed by atoms with Crippen molar-refractivity contribution in [2.45, 2.75) is 12.3 Å². The van der Waals surface area contributed by atoms with E-state index in [2.05, 4.69) is 4.98 Å².